The van der Waals surface area contributed by atoms with Crippen LogP contribution in [0.4, 0.5) is 11.9 Å². The molecular formula is C18H20ClN7OS. The van der Waals surface area contributed by atoms with Gasteiger partial charge >= 0.3 is 0 Å². The zero-order valence-corrected chi connectivity index (χ0v) is 17.3. The average Bonchev–Trinajstić information content (AvgIpc) is 2.64. The Morgan fingerprint density at radius 1 is 1.32 bits per heavy atom. The van der Waals surface area contributed by atoms with Crippen LogP contribution < -0.4 is 16.2 Å². The summed E-state index contributed by atoms with van der Waals surface area (Å²) in [6.45, 7) is 6.00. The van der Waals surface area contributed by atoms with Gasteiger partial charge in [0.05, 0.1) is 16.2 Å². The van der Waals surface area contributed by atoms with Gasteiger partial charge in [0.25, 0.3) is 5.56 Å². The first-order valence-electron chi connectivity index (χ1n) is 8.46. The molecule has 146 valence electrons. The number of benzene rings is 1. The lowest BCUT2D eigenvalue weighted by Gasteiger charge is -2.16. The summed E-state index contributed by atoms with van der Waals surface area (Å²) in [7, 11) is 3.65. The number of hydrogen-bond donors (Lipinski definition) is 1. The molecule has 0 saturated heterocycles. The highest BCUT2D eigenvalue weighted by molar-refractivity contribution is 7.99. The van der Waals surface area contributed by atoms with Crippen molar-refractivity contribution in [1.82, 2.24) is 24.5 Å². The predicted molar refractivity (Wildman–Crippen MR) is 114 cm³/mol. The van der Waals surface area contributed by atoms with Crippen LogP contribution >= 0.6 is 23.4 Å². The lowest BCUT2D eigenvalue weighted by molar-refractivity contribution is 0.669. The minimum absolute atomic E-state index is 0.142. The van der Waals surface area contributed by atoms with Crippen LogP contribution in [-0.2, 0) is 6.54 Å². The summed E-state index contributed by atoms with van der Waals surface area (Å²) < 4.78 is 1.57. The molecule has 1 atom stereocenters. The molecule has 0 fully saturated rings. The van der Waals surface area contributed by atoms with Crippen molar-refractivity contribution in [3.8, 4) is 0 Å². The molecule has 1 aromatic carbocycles. The summed E-state index contributed by atoms with van der Waals surface area (Å²) in [4.78, 5) is 32.1. The number of rotatable bonds is 6. The van der Waals surface area contributed by atoms with Gasteiger partial charge in [-0.3, -0.25) is 9.36 Å². The Balaban J connectivity index is 2.07. The van der Waals surface area contributed by atoms with E-state index in [-0.39, 0.29) is 16.8 Å². The zero-order valence-electron chi connectivity index (χ0n) is 15.8. The highest BCUT2D eigenvalue weighted by Gasteiger charge is 2.19. The average molecular weight is 418 g/mol. The monoisotopic (exact) mass is 417 g/mol. The van der Waals surface area contributed by atoms with Crippen LogP contribution in [0.1, 0.15) is 18.0 Å². The number of nitrogen functional groups attached to an aromatic ring is 1. The standard InChI is InChI=1S/C18H20ClN7OS/c1-5-8-26-15(27)12-7-6-11(19)9-13(12)21-18(26)28-10(2)14-22-16(20)24-17(23-14)25(3)4/h5-7,9-10H,1,8H2,2-4H3,(H2,20,22,23,24). The summed E-state index contributed by atoms with van der Waals surface area (Å²) in [5.74, 6) is 1.12. The Kier molecular flexibility index (Phi) is 5.85. The first kappa shape index (κ1) is 20.1. The molecule has 3 rings (SSSR count). The van der Waals surface area contributed by atoms with E-state index >= 15 is 0 Å². The van der Waals surface area contributed by atoms with Gasteiger partial charge in [0, 0.05) is 25.7 Å². The molecule has 8 nitrogen and oxygen atoms in total. The van der Waals surface area contributed by atoms with Crippen molar-refractivity contribution in [2.24, 2.45) is 0 Å². The van der Waals surface area contributed by atoms with Crippen molar-refractivity contribution in [2.45, 2.75) is 23.9 Å². The Hall–Kier alpha value is -2.65. The highest BCUT2D eigenvalue weighted by atomic mass is 35.5. The molecule has 0 aliphatic rings. The molecule has 2 aromatic heterocycles. The molecule has 0 bridgehead atoms. The van der Waals surface area contributed by atoms with Crippen LogP contribution in [0, 0.1) is 0 Å². The molecule has 2 heterocycles. The second-order valence-electron chi connectivity index (χ2n) is 6.27. The molecule has 0 spiro atoms. The molecule has 28 heavy (non-hydrogen) atoms. The second kappa shape index (κ2) is 8.15. The molecule has 0 amide bonds. The third kappa shape index (κ3) is 4.10. The van der Waals surface area contributed by atoms with E-state index in [2.05, 4.69) is 26.5 Å². The van der Waals surface area contributed by atoms with E-state index in [0.717, 1.165) is 0 Å². The molecule has 1 unspecified atom stereocenters. The van der Waals surface area contributed by atoms with Crippen LogP contribution in [0.15, 0.2) is 40.8 Å². The van der Waals surface area contributed by atoms with Crippen molar-refractivity contribution in [3.05, 3.63) is 52.1 Å². The molecule has 10 heteroatoms. The van der Waals surface area contributed by atoms with Gasteiger partial charge in [0.15, 0.2) is 5.16 Å². The van der Waals surface area contributed by atoms with Crippen LogP contribution in [0.25, 0.3) is 10.9 Å². The van der Waals surface area contributed by atoms with E-state index in [4.69, 9.17) is 17.3 Å². The van der Waals surface area contributed by atoms with E-state index in [1.165, 1.54) is 11.8 Å². The van der Waals surface area contributed by atoms with Crippen molar-refractivity contribution >= 4 is 46.2 Å². The van der Waals surface area contributed by atoms with E-state index < -0.39 is 0 Å². The molecule has 2 N–H and O–H groups in total. The normalized spacial score (nSPS) is 12.1. The van der Waals surface area contributed by atoms with Gasteiger partial charge < -0.3 is 10.6 Å². The fourth-order valence-electron chi connectivity index (χ4n) is 2.54. The van der Waals surface area contributed by atoms with Crippen LogP contribution in [-0.4, -0.2) is 38.6 Å². The highest BCUT2D eigenvalue weighted by Crippen LogP contribution is 2.33. The van der Waals surface area contributed by atoms with Crippen molar-refractivity contribution in [1.29, 1.82) is 0 Å². The molecular weight excluding hydrogens is 398 g/mol. The molecule has 0 aliphatic carbocycles. The quantitative estimate of drug-likeness (QED) is 0.371. The van der Waals surface area contributed by atoms with Crippen molar-refractivity contribution in [3.63, 3.8) is 0 Å². The summed E-state index contributed by atoms with van der Waals surface area (Å²) in [5.41, 5.74) is 6.21. The Morgan fingerprint density at radius 2 is 2.07 bits per heavy atom. The van der Waals surface area contributed by atoms with Crippen molar-refractivity contribution < 1.29 is 0 Å². The number of halogens is 1. The predicted octanol–water partition coefficient (Wildman–Crippen LogP) is 2.92. The Morgan fingerprint density at radius 3 is 2.75 bits per heavy atom. The van der Waals surface area contributed by atoms with Gasteiger partial charge in [-0.1, -0.05) is 29.4 Å². The fraction of sp³-hybridized carbons (Fsp3) is 0.278. The van der Waals surface area contributed by atoms with E-state index in [1.54, 1.807) is 33.7 Å². The number of hydrogen-bond acceptors (Lipinski definition) is 8. The SMILES string of the molecule is C=CCn1c(SC(C)c2nc(N)nc(N(C)C)n2)nc2cc(Cl)ccc2c1=O. The van der Waals surface area contributed by atoms with Gasteiger partial charge in [-0.05, 0) is 25.1 Å². The smallest absolute Gasteiger partial charge is 0.262 e. The van der Waals surface area contributed by atoms with E-state index in [9.17, 15) is 4.79 Å². The maximum absolute atomic E-state index is 12.9. The number of nitrogens with zero attached hydrogens (tertiary/aromatic N) is 6. The summed E-state index contributed by atoms with van der Waals surface area (Å²) >= 11 is 7.43. The number of anilines is 2. The van der Waals surface area contributed by atoms with Gasteiger partial charge in [-0.25, -0.2) is 4.98 Å². The van der Waals surface area contributed by atoms with E-state index in [1.807, 2.05) is 21.0 Å². The molecule has 3 aromatic rings. The maximum Gasteiger partial charge on any atom is 0.262 e. The summed E-state index contributed by atoms with van der Waals surface area (Å²) in [5, 5.41) is 1.33. The summed E-state index contributed by atoms with van der Waals surface area (Å²) in [6.07, 6.45) is 1.66. The molecule has 0 aliphatic heterocycles. The maximum atomic E-state index is 12.9. The number of fused-ring (bicyclic) bond motifs is 1. The Bertz CT molecular complexity index is 1100. The van der Waals surface area contributed by atoms with Gasteiger partial charge in [0.2, 0.25) is 11.9 Å². The van der Waals surface area contributed by atoms with Gasteiger partial charge in [-0.15, -0.1) is 6.58 Å². The van der Waals surface area contributed by atoms with Crippen LogP contribution in [0.2, 0.25) is 5.02 Å². The van der Waals surface area contributed by atoms with E-state index in [0.29, 0.717) is 39.4 Å². The fourth-order valence-corrected chi connectivity index (χ4v) is 3.67. The molecule has 0 radical (unpaired) electrons. The third-order valence-corrected chi connectivity index (χ3v) is 5.22. The minimum atomic E-state index is -0.219. The topological polar surface area (TPSA) is 103 Å². The van der Waals surface area contributed by atoms with Crippen molar-refractivity contribution in [2.75, 3.05) is 24.7 Å². The second-order valence-corrected chi connectivity index (χ2v) is 8.01. The first-order valence-corrected chi connectivity index (χ1v) is 9.72. The number of aromatic nitrogens is 5. The Labute approximate surface area is 171 Å². The number of thioether (sulfide) groups is 1. The molecule has 0 saturated carbocycles. The number of nitrogens with two attached hydrogens (primary N) is 1. The van der Waals surface area contributed by atoms with Crippen LogP contribution in [0.5, 0.6) is 0 Å². The first-order chi connectivity index (χ1) is 13.3. The largest absolute Gasteiger partial charge is 0.368 e. The summed E-state index contributed by atoms with van der Waals surface area (Å²) in [6, 6.07) is 5.04. The zero-order chi connectivity index (χ0) is 20.4. The number of allylic oxidation sites excluding steroid dienone is 1. The van der Waals surface area contributed by atoms with Gasteiger partial charge in [-0.2, -0.15) is 15.0 Å². The third-order valence-electron chi connectivity index (χ3n) is 3.90. The lowest BCUT2D eigenvalue weighted by Crippen LogP contribution is -2.23. The van der Waals surface area contributed by atoms with Gasteiger partial charge in [0.1, 0.15) is 5.82 Å². The minimum Gasteiger partial charge on any atom is -0.368 e. The lowest BCUT2D eigenvalue weighted by atomic mass is 10.2. The van der Waals surface area contributed by atoms with Crippen LogP contribution in [0.3, 0.4) is 0 Å².